The number of hydrogen-bond donors (Lipinski definition) is 1. The first-order valence-corrected chi connectivity index (χ1v) is 8.98. The molecule has 2 aromatic carbocycles. The van der Waals surface area contributed by atoms with Crippen molar-refractivity contribution in [1.82, 2.24) is 0 Å². The highest BCUT2D eigenvalue weighted by atomic mass is 16.5. The van der Waals surface area contributed by atoms with Crippen LogP contribution in [0, 0.1) is 11.8 Å². The van der Waals surface area contributed by atoms with Gasteiger partial charge in [-0.1, -0.05) is 25.1 Å². The van der Waals surface area contributed by atoms with Gasteiger partial charge < -0.3 is 19.2 Å². The number of esters is 1. The van der Waals surface area contributed by atoms with E-state index in [4.69, 9.17) is 13.9 Å². The number of nitrogens with one attached hydrogen (secondary N) is 1. The van der Waals surface area contributed by atoms with Crippen LogP contribution in [0.2, 0.25) is 0 Å². The van der Waals surface area contributed by atoms with Crippen molar-refractivity contribution < 1.29 is 23.5 Å². The van der Waals surface area contributed by atoms with Crippen LogP contribution in [-0.2, 0) is 14.3 Å². The summed E-state index contributed by atoms with van der Waals surface area (Å²) in [6.45, 7) is 3.55. The second-order valence-corrected chi connectivity index (χ2v) is 7.03. The monoisotopic (exact) mass is 367 g/mol. The molecule has 1 aliphatic rings. The van der Waals surface area contributed by atoms with Crippen molar-refractivity contribution in [2.24, 2.45) is 11.8 Å². The van der Waals surface area contributed by atoms with Gasteiger partial charge in [-0.25, -0.2) is 0 Å². The molecule has 0 unspecified atom stereocenters. The van der Waals surface area contributed by atoms with Crippen LogP contribution in [0.5, 0.6) is 5.75 Å². The smallest absolute Gasteiger partial charge is 0.309 e. The number of fused-ring (bicyclic) bond motifs is 3. The van der Waals surface area contributed by atoms with E-state index in [9.17, 15) is 9.59 Å². The van der Waals surface area contributed by atoms with Gasteiger partial charge in [-0.2, -0.15) is 0 Å². The number of benzene rings is 2. The Morgan fingerprint density at radius 3 is 2.63 bits per heavy atom. The number of amides is 1. The van der Waals surface area contributed by atoms with Crippen molar-refractivity contribution in [3.63, 3.8) is 0 Å². The molecule has 0 saturated heterocycles. The fourth-order valence-electron chi connectivity index (χ4n) is 3.22. The topological polar surface area (TPSA) is 77.8 Å². The third kappa shape index (κ3) is 3.23. The number of ether oxygens (including phenoxy) is 2. The predicted octanol–water partition coefficient (Wildman–Crippen LogP) is 4.12. The molecular weight excluding hydrogens is 346 g/mol. The highest BCUT2D eigenvalue weighted by Crippen LogP contribution is 2.39. The molecule has 4 rings (SSSR count). The third-order valence-corrected chi connectivity index (χ3v) is 5.03. The molecule has 140 valence electrons. The number of methoxy groups -OCH3 is 1. The summed E-state index contributed by atoms with van der Waals surface area (Å²) in [5, 5.41) is 4.65. The van der Waals surface area contributed by atoms with Gasteiger partial charge in [0.05, 0.1) is 18.7 Å². The lowest BCUT2D eigenvalue weighted by atomic mass is 10.1. The first-order chi connectivity index (χ1) is 13.0. The molecule has 0 aliphatic heterocycles. The molecule has 27 heavy (non-hydrogen) atoms. The van der Waals surface area contributed by atoms with Crippen LogP contribution in [0.3, 0.4) is 0 Å². The zero-order chi connectivity index (χ0) is 19.1. The maximum Gasteiger partial charge on any atom is 0.309 e. The molecule has 0 radical (unpaired) electrons. The van der Waals surface area contributed by atoms with E-state index >= 15 is 0 Å². The van der Waals surface area contributed by atoms with Gasteiger partial charge in [0.15, 0.2) is 6.10 Å². The molecule has 1 fully saturated rings. The Labute approximate surface area is 156 Å². The normalized spacial score (nSPS) is 19.7. The summed E-state index contributed by atoms with van der Waals surface area (Å²) in [6.07, 6.45) is -0.0645. The number of carbonyl (C=O) groups is 2. The van der Waals surface area contributed by atoms with E-state index in [0.29, 0.717) is 22.9 Å². The summed E-state index contributed by atoms with van der Waals surface area (Å²) in [5.41, 5.74) is 1.87. The Hall–Kier alpha value is -3.02. The molecule has 1 amide bonds. The maximum atomic E-state index is 12.5. The lowest BCUT2D eigenvalue weighted by Crippen LogP contribution is -2.30. The molecule has 0 spiro atoms. The quantitative estimate of drug-likeness (QED) is 0.686. The van der Waals surface area contributed by atoms with Gasteiger partial charge in [-0.15, -0.1) is 0 Å². The van der Waals surface area contributed by atoms with Crippen LogP contribution in [0.25, 0.3) is 21.9 Å². The van der Waals surface area contributed by atoms with E-state index in [0.717, 1.165) is 22.8 Å². The van der Waals surface area contributed by atoms with Gasteiger partial charge in [-0.3, -0.25) is 9.59 Å². The minimum atomic E-state index is -0.888. The van der Waals surface area contributed by atoms with E-state index in [1.54, 1.807) is 13.0 Å². The fraction of sp³-hybridized carbons (Fsp3) is 0.333. The third-order valence-electron chi connectivity index (χ3n) is 5.03. The number of hydrogen-bond acceptors (Lipinski definition) is 5. The van der Waals surface area contributed by atoms with Crippen molar-refractivity contribution >= 4 is 39.5 Å². The molecular formula is C21H21NO5. The van der Waals surface area contributed by atoms with E-state index in [-0.39, 0.29) is 11.9 Å². The summed E-state index contributed by atoms with van der Waals surface area (Å²) in [6, 6.07) is 11.3. The molecule has 1 saturated carbocycles. The van der Waals surface area contributed by atoms with Crippen LogP contribution in [0.1, 0.15) is 20.3 Å². The molecule has 3 aromatic rings. The molecule has 1 aliphatic carbocycles. The van der Waals surface area contributed by atoms with Crippen molar-refractivity contribution in [3.8, 4) is 5.75 Å². The van der Waals surface area contributed by atoms with Crippen molar-refractivity contribution in [3.05, 3.63) is 36.4 Å². The van der Waals surface area contributed by atoms with Gasteiger partial charge in [0.2, 0.25) is 0 Å². The van der Waals surface area contributed by atoms with Crippen LogP contribution < -0.4 is 10.1 Å². The summed E-state index contributed by atoms with van der Waals surface area (Å²) in [5.74, 6) is 0.0389. The highest BCUT2D eigenvalue weighted by molar-refractivity contribution is 6.08. The Morgan fingerprint density at radius 2 is 1.93 bits per heavy atom. The molecule has 1 N–H and O–H groups in total. The van der Waals surface area contributed by atoms with Crippen molar-refractivity contribution in [2.45, 2.75) is 26.4 Å². The second kappa shape index (κ2) is 6.61. The summed E-state index contributed by atoms with van der Waals surface area (Å²) in [4.78, 5) is 24.4. The van der Waals surface area contributed by atoms with Gasteiger partial charge in [0.1, 0.15) is 16.9 Å². The molecule has 3 atom stereocenters. The summed E-state index contributed by atoms with van der Waals surface area (Å²) >= 11 is 0. The van der Waals surface area contributed by atoms with Crippen LogP contribution >= 0.6 is 0 Å². The van der Waals surface area contributed by atoms with Gasteiger partial charge in [0, 0.05) is 16.8 Å². The average Bonchev–Trinajstić information content (AvgIpc) is 3.28. The Balaban J connectivity index is 1.57. The molecule has 6 nitrogen and oxygen atoms in total. The number of para-hydroxylation sites is 1. The average molecular weight is 367 g/mol. The van der Waals surface area contributed by atoms with Gasteiger partial charge in [-0.05, 0) is 31.4 Å². The first-order valence-electron chi connectivity index (χ1n) is 8.98. The summed E-state index contributed by atoms with van der Waals surface area (Å²) < 4.78 is 16.6. The standard InChI is InChI=1S/C21H21NO5/c1-11-8-14(11)21(24)26-12(2)20(23)22-16-10-18-15(9-19(16)25-3)13-6-4-5-7-17(13)27-18/h4-7,9-12,14H,8H2,1-3H3,(H,22,23)/t11-,12+,14-/m1/s1. The van der Waals surface area contributed by atoms with Gasteiger partial charge in [0.25, 0.3) is 5.91 Å². The fourth-order valence-corrected chi connectivity index (χ4v) is 3.22. The molecule has 1 aromatic heterocycles. The first kappa shape index (κ1) is 17.4. The Morgan fingerprint density at radius 1 is 1.19 bits per heavy atom. The zero-order valence-corrected chi connectivity index (χ0v) is 15.4. The number of furan rings is 1. The molecule has 0 bridgehead atoms. The Bertz CT molecular complexity index is 1040. The lowest BCUT2D eigenvalue weighted by Gasteiger charge is -2.15. The van der Waals surface area contributed by atoms with Crippen LogP contribution in [-0.4, -0.2) is 25.1 Å². The lowest BCUT2D eigenvalue weighted by molar-refractivity contribution is -0.154. The minimum absolute atomic E-state index is 0.0818. The van der Waals surface area contributed by atoms with E-state index < -0.39 is 12.0 Å². The minimum Gasteiger partial charge on any atom is -0.495 e. The van der Waals surface area contributed by atoms with E-state index in [1.165, 1.54) is 7.11 Å². The molecule has 1 heterocycles. The number of rotatable bonds is 5. The largest absolute Gasteiger partial charge is 0.495 e. The SMILES string of the molecule is COc1cc2c(cc1NC(=O)[C@H](C)OC(=O)[C@@H]1C[C@H]1C)oc1ccccc12. The second-order valence-electron chi connectivity index (χ2n) is 7.03. The predicted molar refractivity (Wildman–Crippen MR) is 102 cm³/mol. The van der Waals surface area contributed by atoms with Gasteiger partial charge >= 0.3 is 5.97 Å². The van der Waals surface area contributed by atoms with E-state index in [2.05, 4.69) is 5.32 Å². The zero-order valence-electron chi connectivity index (χ0n) is 15.4. The Kier molecular flexibility index (Phi) is 4.26. The summed E-state index contributed by atoms with van der Waals surface area (Å²) in [7, 11) is 1.54. The van der Waals surface area contributed by atoms with Crippen LogP contribution in [0.4, 0.5) is 5.69 Å². The number of carbonyl (C=O) groups excluding carboxylic acids is 2. The van der Waals surface area contributed by atoms with Crippen molar-refractivity contribution in [1.29, 1.82) is 0 Å². The maximum absolute atomic E-state index is 12.5. The number of anilines is 1. The van der Waals surface area contributed by atoms with Crippen LogP contribution in [0.15, 0.2) is 40.8 Å². The highest BCUT2D eigenvalue weighted by Gasteiger charge is 2.41. The van der Waals surface area contributed by atoms with Crippen molar-refractivity contribution in [2.75, 3.05) is 12.4 Å². The van der Waals surface area contributed by atoms with E-state index in [1.807, 2.05) is 37.3 Å². The molecule has 6 heteroatoms.